The number of aromatic nitrogens is 2. The number of fused-ring (bicyclic) bond motifs is 1. The second-order valence-electron chi connectivity index (χ2n) is 4.29. The highest BCUT2D eigenvalue weighted by Crippen LogP contribution is 2.28. The van der Waals surface area contributed by atoms with Gasteiger partial charge < -0.3 is 5.32 Å². The van der Waals surface area contributed by atoms with Crippen molar-refractivity contribution in [3.63, 3.8) is 0 Å². The topological polar surface area (TPSA) is 94.1 Å². The maximum absolute atomic E-state index is 10.8. The number of nitrogens with one attached hydrogen (secondary N) is 1. The molecule has 1 aromatic heterocycles. The van der Waals surface area contributed by atoms with Crippen molar-refractivity contribution in [2.45, 2.75) is 6.92 Å². The van der Waals surface area contributed by atoms with E-state index < -0.39 is 4.92 Å². The number of nitro groups is 1. The Hall–Kier alpha value is -1.83. The van der Waals surface area contributed by atoms with Crippen LogP contribution < -0.4 is 5.32 Å². The van der Waals surface area contributed by atoms with E-state index in [1.807, 2.05) is 0 Å². The van der Waals surface area contributed by atoms with Crippen LogP contribution in [0.4, 0.5) is 11.4 Å². The summed E-state index contributed by atoms with van der Waals surface area (Å²) in [4.78, 5) is 10.4. The van der Waals surface area contributed by atoms with Crippen molar-refractivity contribution in [2.24, 2.45) is 5.92 Å². The molecule has 2 aromatic rings. The molecule has 1 heterocycles. The molecule has 1 unspecified atom stereocenters. The maximum atomic E-state index is 10.8. The Morgan fingerprint density at radius 1 is 1.47 bits per heavy atom. The first-order valence-corrected chi connectivity index (χ1v) is 7.15. The lowest BCUT2D eigenvalue weighted by Crippen LogP contribution is -2.13. The lowest BCUT2D eigenvalue weighted by Gasteiger charge is -2.12. The lowest BCUT2D eigenvalue weighted by atomic mass is 10.2. The van der Waals surface area contributed by atoms with Crippen LogP contribution in [0.25, 0.3) is 11.0 Å². The molecule has 0 radical (unpaired) electrons. The average Bonchev–Trinajstić information content (AvgIpc) is 2.85. The van der Waals surface area contributed by atoms with Crippen LogP contribution in [-0.2, 0) is 0 Å². The summed E-state index contributed by atoms with van der Waals surface area (Å²) in [5, 5.41) is 21.4. The predicted molar refractivity (Wildman–Crippen MR) is 74.5 cm³/mol. The number of nitro benzene ring substituents is 1. The van der Waals surface area contributed by atoms with Crippen LogP contribution in [0.15, 0.2) is 16.8 Å². The van der Waals surface area contributed by atoms with Crippen molar-refractivity contribution in [1.29, 1.82) is 0 Å². The van der Waals surface area contributed by atoms with Gasteiger partial charge in [0.05, 0.1) is 10.6 Å². The molecule has 0 bridgehead atoms. The fraction of sp³-hybridized carbons (Fsp3) is 0.455. The normalized spacial score (nSPS) is 12.5. The van der Waals surface area contributed by atoms with Crippen molar-refractivity contribution in [1.82, 2.24) is 10.3 Å². The number of thioether (sulfide) groups is 1. The summed E-state index contributed by atoms with van der Waals surface area (Å²) in [7, 11) is 0. The minimum Gasteiger partial charge on any atom is -0.383 e. The monoisotopic (exact) mass is 282 g/mol. The molecule has 0 spiro atoms. The summed E-state index contributed by atoms with van der Waals surface area (Å²) in [6.45, 7) is 2.90. The van der Waals surface area contributed by atoms with Crippen LogP contribution in [0, 0.1) is 16.0 Å². The van der Waals surface area contributed by atoms with Gasteiger partial charge in [0, 0.05) is 12.6 Å². The van der Waals surface area contributed by atoms with E-state index in [9.17, 15) is 10.1 Å². The highest BCUT2D eigenvalue weighted by Gasteiger charge is 2.19. The maximum Gasteiger partial charge on any atom is 0.300 e. The number of benzene rings is 1. The van der Waals surface area contributed by atoms with Crippen molar-refractivity contribution in [3.05, 3.63) is 22.2 Å². The molecule has 2 rings (SSSR count). The van der Waals surface area contributed by atoms with Crippen molar-refractivity contribution < 1.29 is 9.55 Å². The van der Waals surface area contributed by atoms with Crippen molar-refractivity contribution in [3.8, 4) is 0 Å². The van der Waals surface area contributed by atoms with E-state index in [1.165, 1.54) is 6.07 Å². The zero-order chi connectivity index (χ0) is 13.8. The van der Waals surface area contributed by atoms with Crippen molar-refractivity contribution >= 4 is 34.2 Å². The van der Waals surface area contributed by atoms with Gasteiger partial charge in [-0.05, 0) is 34.3 Å². The standard InChI is InChI=1S/C11H14N4O3S/c1-7(6-19-2)5-12-8-3-4-9(15(16)17)11-10(8)13-18-14-11/h3-4,7,12H,5-6H2,1-2H3. The first-order chi connectivity index (χ1) is 9.13. The van der Waals surface area contributed by atoms with E-state index in [0.29, 0.717) is 17.1 Å². The van der Waals surface area contributed by atoms with Crippen LogP contribution in [0.2, 0.25) is 0 Å². The predicted octanol–water partition coefficient (Wildman–Crippen LogP) is 2.54. The van der Waals surface area contributed by atoms with Crippen LogP contribution in [0.5, 0.6) is 0 Å². The molecule has 7 nitrogen and oxygen atoms in total. The SMILES string of the molecule is CSCC(C)CNc1ccc([N+](=O)[O-])c2nonc12. The lowest BCUT2D eigenvalue weighted by molar-refractivity contribution is -0.383. The Morgan fingerprint density at radius 3 is 2.89 bits per heavy atom. The van der Waals surface area contributed by atoms with E-state index in [1.54, 1.807) is 17.8 Å². The van der Waals surface area contributed by atoms with Crippen molar-refractivity contribution in [2.75, 3.05) is 23.9 Å². The van der Waals surface area contributed by atoms with Gasteiger partial charge in [-0.3, -0.25) is 10.1 Å². The third kappa shape index (κ3) is 2.95. The molecule has 8 heteroatoms. The molecule has 0 saturated heterocycles. The third-order valence-electron chi connectivity index (χ3n) is 2.68. The van der Waals surface area contributed by atoms with Crippen LogP contribution in [0.1, 0.15) is 6.92 Å². The third-order valence-corrected chi connectivity index (χ3v) is 3.59. The van der Waals surface area contributed by atoms with Gasteiger partial charge in [-0.25, -0.2) is 4.63 Å². The Kier molecular flexibility index (Phi) is 4.20. The van der Waals surface area contributed by atoms with E-state index >= 15 is 0 Å². The smallest absolute Gasteiger partial charge is 0.300 e. The van der Waals surface area contributed by atoms with Gasteiger partial charge in [0.25, 0.3) is 0 Å². The molecule has 102 valence electrons. The van der Waals surface area contributed by atoms with E-state index in [4.69, 9.17) is 0 Å². The second kappa shape index (κ2) is 5.87. The Bertz CT molecular complexity index is 586. The molecule has 19 heavy (non-hydrogen) atoms. The highest BCUT2D eigenvalue weighted by atomic mass is 32.2. The molecular formula is C11H14N4O3S. The molecule has 0 aliphatic carbocycles. The summed E-state index contributed by atoms with van der Waals surface area (Å²) in [5.41, 5.74) is 1.17. The Labute approximate surface area is 113 Å². The van der Waals surface area contributed by atoms with Gasteiger partial charge >= 0.3 is 5.69 Å². The van der Waals surface area contributed by atoms with Crippen LogP contribution >= 0.6 is 11.8 Å². The molecule has 1 atom stereocenters. The van der Waals surface area contributed by atoms with Gasteiger partial charge in [0.2, 0.25) is 5.52 Å². The van der Waals surface area contributed by atoms with E-state index in [-0.39, 0.29) is 11.2 Å². The van der Waals surface area contributed by atoms with Crippen LogP contribution in [-0.4, -0.2) is 33.8 Å². The van der Waals surface area contributed by atoms with E-state index in [2.05, 4.69) is 33.4 Å². The van der Waals surface area contributed by atoms with Gasteiger partial charge in [0.1, 0.15) is 0 Å². The molecule has 0 aliphatic rings. The first kappa shape index (κ1) is 13.6. The number of nitrogens with zero attached hydrogens (tertiary/aromatic N) is 3. The van der Waals surface area contributed by atoms with Crippen LogP contribution in [0.3, 0.4) is 0 Å². The summed E-state index contributed by atoms with van der Waals surface area (Å²) in [6, 6.07) is 3.05. The largest absolute Gasteiger partial charge is 0.383 e. The summed E-state index contributed by atoms with van der Waals surface area (Å²) >= 11 is 1.78. The summed E-state index contributed by atoms with van der Waals surface area (Å²) in [5.74, 6) is 1.53. The quantitative estimate of drug-likeness (QED) is 0.642. The van der Waals surface area contributed by atoms with Gasteiger partial charge in [-0.1, -0.05) is 6.92 Å². The number of hydrogen-bond donors (Lipinski definition) is 1. The zero-order valence-electron chi connectivity index (χ0n) is 10.6. The summed E-state index contributed by atoms with van der Waals surface area (Å²) < 4.78 is 4.60. The Morgan fingerprint density at radius 2 is 2.21 bits per heavy atom. The molecule has 1 aromatic carbocycles. The number of rotatable bonds is 6. The fourth-order valence-corrected chi connectivity index (χ4v) is 2.46. The molecule has 0 amide bonds. The fourth-order valence-electron chi connectivity index (χ4n) is 1.77. The van der Waals surface area contributed by atoms with Gasteiger partial charge in [-0.2, -0.15) is 11.8 Å². The number of hydrogen-bond acceptors (Lipinski definition) is 7. The molecule has 0 fully saturated rings. The van der Waals surface area contributed by atoms with Gasteiger partial charge in [0.15, 0.2) is 5.52 Å². The first-order valence-electron chi connectivity index (χ1n) is 5.76. The van der Waals surface area contributed by atoms with Gasteiger partial charge in [-0.15, -0.1) is 0 Å². The van der Waals surface area contributed by atoms with E-state index in [0.717, 1.165) is 12.3 Å². The average molecular weight is 282 g/mol. The molecular weight excluding hydrogens is 268 g/mol. The minimum absolute atomic E-state index is 0.0982. The number of anilines is 1. The molecule has 1 N–H and O–H groups in total. The zero-order valence-corrected chi connectivity index (χ0v) is 11.4. The number of non-ortho nitro benzene ring substituents is 1. The highest BCUT2D eigenvalue weighted by molar-refractivity contribution is 7.98. The Balaban J connectivity index is 2.23. The second-order valence-corrected chi connectivity index (χ2v) is 5.20. The molecule has 0 aliphatic heterocycles. The minimum atomic E-state index is -0.493. The molecule has 0 saturated carbocycles. The summed E-state index contributed by atoms with van der Waals surface area (Å²) in [6.07, 6.45) is 2.06.